The average molecular weight is 330 g/mol. The predicted molar refractivity (Wildman–Crippen MR) is 85.7 cm³/mol. The van der Waals surface area contributed by atoms with Crippen LogP contribution >= 0.6 is 0 Å². The van der Waals surface area contributed by atoms with Gasteiger partial charge in [0.2, 0.25) is 0 Å². The lowest BCUT2D eigenvalue weighted by atomic mass is 10.1. The number of aromatic nitrogens is 1. The average Bonchev–Trinajstić information content (AvgIpc) is 3.03. The SMILES string of the molecule is COc1ccccc1-c1cc(NS(=O)(=O)c2ccccc2)no1. The number of nitrogens with zero attached hydrogens (tertiary/aromatic N) is 1. The molecule has 0 spiro atoms. The van der Waals surface area contributed by atoms with Crippen molar-refractivity contribution in [2.75, 3.05) is 11.8 Å². The molecule has 118 valence electrons. The van der Waals surface area contributed by atoms with Gasteiger partial charge in [0.15, 0.2) is 11.6 Å². The Morgan fingerprint density at radius 2 is 1.74 bits per heavy atom. The van der Waals surface area contributed by atoms with Crippen molar-refractivity contribution in [1.82, 2.24) is 5.16 Å². The molecule has 3 rings (SSSR count). The van der Waals surface area contributed by atoms with E-state index in [0.29, 0.717) is 17.1 Å². The minimum atomic E-state index is -3.70. The molecule has 7 heteroatoms. The van der Waals surface area contributed by atoms with Crippen LogP contribution in [0.3, 0.4) is 0 Å². The number of anilines is 1. The second kappa shape index (κ2) is 6.13. The molecule has 1 N–H and O–H groups in total. The van der Waals surface area contributed by atoms with E-state index in [2.05, 4.69) is 9.88 Å². The maximum absolute atomic E-state index is 12.3. The van der Waals surface area contributed by atoms with E-state index < -0.39 is 10.0 Å². The number of methoxy groups -OCH3 is 1. The number of para-hydroxylation sites is 1. The van der Waals surface area contributed by atoms with Crippen molar-refractivity contribution >= 4 is 15.8 Å². The zero-order valence-electron chi connectivity index (χ0n) is 12.3. The summed E-state index contributed by atoms with van der Waals surface area (Å²) in [4.78, 5) is 0.154. The van der Waals surface area contributed by atoms with Gasteiger partial charge in [-0.05, 0) is 24.3 Å². The van der Waals surface area contributed by atoms with E-state index in [1.807, 2.05) is 12.1 Å². The molecule has 6 nitrogen and oxygen atoms in total. The second-order valence-electron chi connectivity index (χ2n) is 4.70. The van der Waals surface area contributed by atoms with Gasteiger partial charge in [-0.1, -0.05) is 35.5 Å². The summed E-state index contributed by atoms with van der Waals surface area (Å²) in [5.41, 5.74) is 0.688. The normalized spacial score (nSPS) is 11.2. The van der Waals surface area contributed by atoms with Crippen molar-refractivity contribution in [3.8, 4) is 17.1 Å². The Hall–Kier alpha value is -2.80. The molecule has 0 fully saturated rings. The zero-order chi connectivity index (χ0) is 16.3. The van der Waals surface area contributed by atoms with Crippen LogP contribution < -0.4 is 9.46 Å². The molecule has 0 atom stereocenters. The highest BCUT2D eigenvalue weighted by atomic mass is 32.2. The van der Waals surface area contributed by atoms with Gasteiger partial charge in [0, 0.05) is 6.07 Å². The molecular weight excluding hydrogens is 316 g/mol. The number of benzene rings is 2. The van der Waals surface area contributed by atoms with Crippen LogP contribution in [0.2, 0.25) is 0 Å². The van der Waals surface area contributed by atoms with Gasteiger partial charge < -0.3 is 9.26 Å². The summed E-state index contributed by atoms with van der Waals surface area (Å²) >= 11 is 0. The van der Waals surface area contributed by atoms with Crippen molar-refractivity contribution in [3.63, 3.8) is 0 Å². The first kappa shape index (κ1) is 15.1. The predicted octanol–water partition coefficient (Wildman–Crippen LogP) is 3.15. The molecule has 3 aromatic rings. The minimum absolute atomic E-state index is 0.106. The monoisotopic (exact) mass is 330 g/mol. The molecule has 0 saturated heterocycles. The lowest BCUT2D eigenvalue weighted by molar-refractivity contribution is 0.407. The third-order valence-corrected chi connectivity index (χ3v) is 4.55. The van der Waals surface area contributed by atoms with E-state index in [1.165, 1.54) is 18.2 Å². The van der Waals surface area contributed by atoms with Crippen LogP contribution in [0.25, 0.3) is 11.3 Å². The van der Waals surface area contributed by atoms with E-state index in [-0.39, 0.29) is 10.7 Å². The first-order valence-electron chi connectivity index (χ1n) is 6.78. The highest BCUT2D eigenvalue weighted by Gasteiger charge is 2.17. The Balaban J connectivity index is 1.88. The van der Waals surface area contributed by atoms with E-state index in [9.17, 15) is 8.42 Å². The van der Waals surface area contributed by atoms with Crippen LogP contribution in [0.5, 0.6) is 5.75 Å². The highest BCUT2D eigenvalue weighted by Crippen LogP contribution is 2.31. The minimum Gasteiger partial charge on any atom is -0.496 e. The van der Waals surface area contributed by atoms with Gasteiger partial charge in [0.05, 0.1) is 17.6 Å². The molecule has 0 aliphatic heterocycles. The Morgan fingerprint density at radius 3 is 2.48 bits per heavy atom. The topological polar surface area (TPSA) is 81.4 Å². The largest absolute Gasteiger partial charge is 0.496 e. The number of ether oxygens (including phenoxy) is 1. The van der Waals surface area contributed by atoms with Crippen molar-refractivity contribution in [3.05, 3.63) is 60.7 Å². The quantitative estimate of drug-likeness (QED) is 0.777. The number of nitrogens with one attached hydrogen (secondary N) is 1. The van der Waals surface area contributed by atoms with E-state index in [4.69, 9.17) is 9.26 Å². The molecule has 0 aliphatic rings. The first-order valence-corrected chi connectivity index (χ1v) is 8.26. The Morgan fingerprint density at radius 1 is 1.04 bits per heavy atom. The Labute approximate surface area is 133 Å². The number of hydrogen-bond donors (Lipinski definition) is 1. The van der Waals surface area contributed by atoms with Crippen molar-refractivity contribution in [2.45, 2.75) is 4.90 Å². The Bertz CT molecular complexity index is 905. The summed E-state index contributed by atoms with van der Waals surface area (Å²) in [7, 11) is -2.15. The maximum atomic E-state index is 12.3. The fraction of sp³-hybridized carbons (Fsp3) is 0.0625. The summed E-state index contributed by atoms with van der Waals surface area (Å²) in [6.07, 6.45) is 0. The van der Waals surface area contributed by atoms with Gasteiger partial charge in [-0.3, -0.25) is 4.72 Å². The number of rotatable bonds is 5. The van der Waals surface area contributed by atoms with E-state index in [1.54, 1.807) is 37.4 Å². The van der Waals surface area contributed by atoms with Crippen LogP contribution in [-0.2, 0) is 10.0 Å². The van der Waals surface area contributed by atoms with Crippen molar-refractivity contribution < 1.29 is 17.7 Å². The summed E-state index contributed by atoms with van der Waals surface area (Å²) in [5, 5.41) is 3.76. The third-order valence-electron chi connectivity index (χ3n) is 3.18. The molecule has 1 aromatic heterocycles. The zero-order valence-corrected chi connectivity index (χ0v) is 13.1. The summed E-state index contributed by atoms with van der Waals surface area (Å²) in [6.45, 7) is 0. The fourth-order valence-corrected chi connectivity index (χ4v) is 3.10. The lowest BCUT2D eigenvalue weighted by Crippen LogP contribution is -2.12. The number of sulfonamides is 1. The van der Waals surface area contributed by atoms with Crippen molar-refractivity contribution in [2.24, 2.45) is 0 Å². The lowest BCUT2D eigenvalue weighted by Gasteiger charge is -2.04. The van der Waals surface area contributed by atoms with Crippen molar-refractivity contribution in [1.29, 1.82) is 0 Å². The highest BCUT2D eigenvalue weighted by molar-refractivity contribution is 7.92. The molecule has 23 heavy (non-hydrogen) atoms. The standard InChI is InChI=1S/C16H14N2O4S/c1-21-14-10-6-5-9-13(14)15-11-16(17-22-15)18-23(19,20)12-7-3-2-4-8-12/h2-11H,1H3,(H,17,18). The van der Waals surface area contributed by atoms with Gasteiger partial charge in [0.25, 0.3) is 10.0 Å². The van der Waals surface area contributed by atoms with Gasteiger partial charge in [-0.15, -0.1) is 0 Å². The first-order chi connectivity index (χ1) is 11.1. The van der Waals surface area contributed by atoms with E-state index in [0.717, 1.165) is 0 Å². The molecule has 0 radical (unpaired) electrons. The summed E-state index contributed by atoms with van der Waals surface area (Å²) < 4.78 is 37.4. The molecule has 0 aliphatic carbocycles. The smallest absolute Gasteiger partial charge is 0.263 e. The molecule has 2 aromatic carbocycles. The third kappa shape index (κ3) is 3.19. The molecule has 1 heterocycles. The molecular formula is C16H14N2O4S. The molecule has 0 bridgehead atoms. The van der Waals surface area contributed by atoms with Crippen LogP contribution in [0.4, 0.5) is 5.82 Å². The van der Waals surface area contributed by atoms with Gasteiger partial charge in [0.1, 0.15) is 5.75 Å². The summed E-state index contributed by atoms with van der Waals surface area (Å²) in [6, 6.07) is 16.8. The fourth-order valence-electron chi connectivity index (χ4n) is 2.09. The second-order valence-corrected chi connectivity index (χ2v) is 6.38. The Kier molecular flexibility index (Phi) is 4.03. The summed E-state index contributed by atoms with van der Waals surface area (Å²) in [5.74, 6) is 1.13. The van der Waals surface area contributed by atoms with Gasteiger partial charge in [-0.2, -0.15) is 0 Å². The van der Waals surface area contributed by atoms with Crippen LogP contribution in [-0.4, -0.2) is 20.7 Å². The molecule has 0 saturated carbocycles. The molecule has 0 unspecified atom stereocenters. The van der Waals surface area contributed by atoms with Crippen LogP contribution in [0, 0.1) is 0 Å². The molecule has 0 amide bonds. The van der Waals surface area contributed by atoms with Crippen LogP contribution in [0.15, 0.2) is 70.1 Å². The van der Waals surface area contributed by atoms with Crippen LogP contribution in [0.1, 0.15) is 0 Å². The maximum Gasteiger partial charge on any atom is 0.263 e. The van der Waals surface area contributed by atoms with Gasteiger partial charge in [-0.25, -0.2) is 8.42 Å². The van der Waals surface area contributed by atoms with Gasteiger partial charge >= 0.3 is 0 Å². The number of hydrogen-bond acceptors (Lipinski definition) is 5. The van der Waals surface area contributed by atoms with E-state index >= 15 is 0 Å².